The Hall–Kier alpha value is 0.619. The maximum absolute atomic E-state index is 10.6. The summed E-state index contributed by atoms with van der Waals surface area (Å²) in [6, 6.07) is 0. The van der Waals surface area contributed by atoms with Gasteiger partial charge in [0.25, 0.3) is 0 Å². The van der Waals surface area contributed by atoms with Crippen LogP contribution in [0.4, 0.5) is 0 Å². The molecule has 4 heteroatoms. The summed E-state index contributed by atoms with van der Waals surface area (Å²) in [5.74, 6) is 0.437. The Morgan fingerprint density at radius 1 is 1.50 bits per heavy atom. The minimum absolute atomic E-state index is 0.100. The van der Waals surface area contributed by atoms with E-state index >= 15 is 0 Å². The molecule has 0 radical (unpaired) electrons. The summed E-state index contributed by atoms with van der Waals surface area (Å²) in [6.45, 7) is 0. The summed E-state index contributed by atoms with van der Waals surface area (Å²) in [5.41, 5.74) is 0. The van der Waals surface area contributed by atoms with Crippen molar-refractivity contribution in [3.63, 3.8) is 0 Å². The first kappa shape index (κ1) is 10.6. The normalized spacial score (nSPS) is 11.2. The monoisotopic (exact) mass is 270 g/mol. The predicted octanol–water partition coefficient (Wildman–Crippen LogP) is 1.73. The van der Waals surface area contributed by atoms with Crippen LogP contribution >= 0.6 is 8.95 Å². The zero-order chi connectivity index (χ0) is 8.20. The Balaban J connectivity index is 3.46. The molecule has 0 atom stereocenters. The molecular weight excluding hydrogens is 255 g/mol. The molecule has 10 heavy (non-hydrogen) atoms. The van der Waals surface area contributed by atoms with Gasteiger partial charge >= 0.3 is 69.1 Å². The first-order chi connectivity index (χ1) is 4.45. The topological polar surface area (TPSA) is 26.3 Å². The van der Waals surface area contributed by atoms with Crippen molar-refractivity contribution in [1.29, 1.82) is 0 Å². The number of carbonyl (C=O) groups excluding carboxylic acids is 1. The van der Waals surface area contributed by atoms with Gasteiger partial charge in [0.1, 0.15) is 0 Å². The van der Waals surface area contributed by atoms with Crippen LogP contribution in [0, 0.1) is 0 Å². The van der Waals surface area contributed by atoms with Gasteiger partial charge in [0.05, 0.1) is 0 Å². The molecule has 0 rings (SSSR count). The quantitative estimate of drug-likeness (QED) is 0.576. The Bertz CT molecular complexity index is 119. The third-order valence-corrected chi connectivity index (χ3v) is 10.7. The van der Waals surface area contributed by atoms with Crippen LogP contribution in [0.5, 0.6) is 0 Å². The van der Waals surface area contributed by atoms with Gasteiger partial charge in [-0.3, -0.25) is 0 Å². The molecule has 0 spiro atoms. The van der Waals surface area contributed by atoms with E-state index in [1.165, 1.54) is 7.11 Å². The first-order valence-corrected chi connectivity index (χ1v) is 16.2. The van der Waals surface area contributed by atoms with Gasteiger partial charge < -0.3 is 0 Å². The number of rotatable bonds is 3. The third kappa shape index (κ3) is 6.73. The van der Waals surface area contributed by atoms with Gasteiger partial charge in [-0.15, -0.1) is 0 Å². The van der Waals surface area contributed by atoms with Gasteiger partial charge in [-0.2, -0.15) is 0 Å². The van der Waals surface area contributed by atoms with E-state index in [0.29, 0.717) is 5.75 Å². The number of carbonyl (C=O) groups is 1. The van der Waals surface area contributed by atoms with Crippen molar-refractivity contribution < 1.29 is 9.53 Å². The van der Waals surface area contributed by atoms with Gasteiger partial charge in [-0.1, -0.05) is 0 Å². The number of methoxy groups -OCH3 is 1. The molecule has 60 valence electrons. The molecule has 0 aliphatic heterocycles. The molecule has 0 N–H and O–H groups in total. The molecule has 0 saturated heterocycles. The van der Waals surface area contributed by atoms with Gasteiger partial charge in [-0.05, 0) is 0 Å². The molecule has 2 nitrogen and oxygen atoms in total. The number of ether oxygens (including phenoxy) is 1. The van der Waals surface area contributed by atoms with Gasteiger partial charge in [0.2, 0.25) is 0 Å². The fourth-order valence-electron chi connectivity index (χ4n) is 0.334. The van der Waals surface area contributed by atoms with E-state index in [-0.39, 0.29) is 5.97 Å². The average Bonchev–Trinajstić information content (AvgIpc) is 1.81. The molecule has 0 heterocycles. The van der Waals surface area contributed by atoms with Crippen LogP contribution in [0.2, 0.25) is 14.8 Å². The van der Waals surface area contributed by atoms with Crippen molar-refractivity contribution in [2.45, 2.75) is 14.8 Å². The Morgan fingerprint density at radius 2 is 2.00 bits per heavy atom. The molecule has 0 amide bonds. The van der Waals surface area contributed by atoms with Gasteiger partial charge in [0, 0.05) is 0 Å². The van der Waals surface area contributed by atoms with Crippen LogP contribution in [0.15, 0.2) is 0 Å². The summed E-state index contributed by atoms with van der Waals surface area (Å²) in [7, 11) is 3.23. The SMILES string of the molecule is COC(=O)C[S][Sn]([CH3])([CH3])[CH3]. The van der Waals surface area contributed by atoms with Crippen LogP contribution in [0.25, 0.3) is 0 Å². The van der Waals surface area contributed by atoms with Gasteiger partial charge in [0.15, 0.2) is 0 Å². The molecule has 0 aliphatic carbocycles. The Morgan fingerprint density at radius 3 is 2.30 bits per heavy atom. The summed E-state index contributed by atoms with van der Waals surface area (Å²) in [5, 5.41) is 0. The van der Waals surface area contributed by atoms with Crippen molar-refractivity contribution in [3.8, 4) is 0 Å². The number of hydrogen-bond acceptors (Lipinski definition) is 3. The van der Waals surface area contributed by atoms with Crippen molar-refractivity contribution in [2.75, 3.05) is 12.9 Å². The molecule has 0 bridgehead atoms. The zero-order valence-corrected chi connectivity index (χ0v) is 10.6. The molecule has 0 saturated carbocycles. The van der Waals surface area contributed by atoms with Crippen molar-refractivity contribution in [3.05, 3.63) is 0 Å². The van der Waals surface area contributed by atoms with E-state index in [1.807, 2.05) is 0 Å². The molecule has 0 aromatic heterocycles. The zero-order valence-electron chi connectivity index (χ0n) is 6.93. The number of esters is 1. The predicted molar refractivity (Wildman–Crippen MR) is 47.8 cm³/mol. The van der Waals surface area contributed by atoms with Crippen LogP contribution in [-0.4, -0.2) is 35.8 Å². The fraction of sp³-hybridized carbons (Fsp3) is 0.833. The van der Waals surface area contributed by atoms with Crippen LogP contribution in [-0.2, 0) is 9.53 Å². The summed E-state index contributed by atoms with van der Waals surface area (Å²) in [4.78, 5) is 17.5. The van der Waals surface area contributed by atoms with Crippen LogP contribution < -0.4 is 0 Å². The fourth-order valence-corrected chi connectivity index (χ4v) is 5.72. The molecule has 0 fully saturated rings. The third-order valence-electron chi connectivity index (χ3n) is 0.851. The van der Waals surface area contributed by atoms with Crippen LogP contribution in [0.3, 0.4) is 0 Å². The standard InChI is InChI=1S/C3H6O2S.3CH3.Sn/c1-5-3(4)2-6;;;;/h6H,2H2,1H3;3*1H3;/q;;;;+1/p-1. The Kier molecular flexibility index (Phi) is 4.76. The average molecular weight is 269 g/mol. The summed E-state index contributed by atoms with van der Waals surface area (Å²) < 4.78 is 4.52. The van der Waals surface area contributed by atoms with Crippen molar-refractivity contribution >= 4 is 31.9 Å². The van der Waals surface area contributed by atoms with Gasteiger partial charge in [-0.25, -0.2) is 0 Å². The van der Waals surface area contributed by atoms with E-state index in [9.17, 15) is 4.79 Å². The maximum atomic E-state index is 10.6. The second-order valence-electron chi connectivity index (χ2n) is 2.98. The van der Waals surface area contributed by atoms with Crippen molar-refractivity contribution in [2.24, 2.45) is 0 Å². The summed E-state index contributed by atoms with van der Waals surface area (Å²) in [6.07, 6.45) is 0. The molecular formula is C6H14O2SSn. The first-order valence-electron chi connectivity index (χ1n) is 3.16. The van der Waals surface area contributed by atoms with E-state index < -0.39 is 17.0 Å². The van der Waals surface area contributed by atoms with Crippen molar-refractivity contribution in [1.82, 2.24) is 0 Å². The van der Waals surface area contributed by atoms with E-state index in [0.717, 1.165) is 0 Å². The molecule has 0 aromatic carbocycles. The Labute approximate surface area is 69.0 Å². The van der Waals surface area contributed by atoms with Crippen LogP contribution in [0.1, 0.15) is 0 Å². The molecule has 0 aromatic rings. The van der Waals surface area contributed by atoms with E-state index in [4.69, 9.17) is 0 Å². The second-order valence-corrected chi connectivity index (χ2v) is 26.3. The van der Waals surface area contributed by atoms with E-state index in [1.54, 1.807) is 8.95 Å². The summed E-state index contributed by atoms with van der Waals surface area (Å²) >= 11 is -1.77. The van der Waals surface area contributed by atoms with E-state index in [2.05, 4.69) is 19.6 Å². The minimum atomic E-state index is -1.77. The second kappa shape index (κ2) is 4.49. The number of hydrogen-bond donors (Lipinski definition) is 0. The molecule has 0 aliphatic rings. The molecule has 0 unspecified atom stereocenters.